The van der Waals surface area contributed by atoms with Crippen LogP contribution >= 0.6 is 0 Å². The van der Waals surface area contributed by atoms with Gasteiger partial charge in [0.2, 0.25) is 0 Å². The smallest absolute Gasteiger partial charge is 0.322 e. The lowest BCUT2D eigenvalue weighted by molar-refractivity contribution is -0.204. The minimum atomic E-state index is -1.84. The molecule has 47 heavy (non-hydrogen) atoms. The number of Topliss-reactive ketones (excluding diaryl/α,β-unsaturated/α-hetero) is 1. The number of hydrogen-bond acceptors (Lipinski definition) is 10. The Morgan fingerprint density at radius 2 is 1.23 bits per heavy atom. The monoisotopic (exact) mass is 629 g/mol. The highest BCUT2D eigenvalue weighted by atomic mass is 16.5. The normalized spacial score (nSPS) is 24.7. The van der Waals surface area contributed by atoms with Crippen LogP contribution < -0.4 is 0 Å². The lowest BCUT2D eigenvalue weighted by Gasteiger charge is -2.60. The highest BCUT2D eigenvalue weighted by molar-refractivity contribution is 6.17. The number of esters is 2. The van der Waals surface area contributed by atoms with Gasteiger partial charge < -0.3 is 9.47 Å². The number of methoxy groups -OCH3 is 2. The van der Waals surface area contributed by atoms with Gasteiger partial charge in [0.05, 0.1) is 54.4 Å². The fourth-order valence-electron chi connectivity index (χ4n) is 7.89. The molecule has 0 spiro atoms. The molecule has 3 aromatic heterocycles. The predicted molar refractivity (Wildman–Crippen MR) is 175 cm³/mol. The first-order valence-electron chi connectivity index (χ1n) is 15.5. The average Bonchev–Trinajstić information content (AvgIpc) is 3.08. The van der Waals surface area contributed by atoms with Crippen molar-refractivity contribution in [2.45, 2.75) is 25.6 Å². The van der Waals surface area contributed by atoms with Crippen molar-refractivity contribution >= 4 is 39.5 Å². The Hall–Kier alpha value is -5.06. The zero-order valence-corrected chi connectivity index (χ0v) is 26.7. The van der Waals surface area contributed by atoms with Gasteiger partial charge in [0.1, 0.15) is 0 Å². The second-order valence-corrected chi connectivity index (χ2v) is 12.5. The molecular formula is C37H35N5O5. The third kappa shape index (κ3) is 4.70. The number of carbonyl (C=O) groups excluding carboxylic acids is 3. The van der Waals surface area contributed by atoms with Gasteiger partial charge in [-0.1, -0.05) is 54.6 Å². The van der Waals surface area contributed by atoms with Crippen molar-refractivity contribution in [1.82, 2.24) is 24.8 Å². The van der Waals surface area contributed by atoms with Crippen LogP contribution in [-0.4, -0.2) is 76.8 Å². The number of piperidine rings is 2. The van der Waals surface area contributed by atoms with E-state index in [2.05, 4.69) is 0 Å². The number of para-hydroxylation sites is 2. The largest absolute Gasteiger partial charge is 0.468 e. The van der Waals surface area contributed by atoms with Gasteiger partial charge in [0.15, 0.2) is 16.6 Å². The molecule has 2 fully saturated rings. The van der Waals surface area contributed by atoms with E-state index in [4.69, 9.17) is 24.4 Å². The lowest BCUT2D eigenvalue weighted by atomic mass is 9.54. The molecule has 0 aliphatic carbocycles. The molecule has 2 aromatic carbocycles. The van der Waals surface area contributed by atoms with Crippen molar-refractivity contribution in [1.29, 1.82) is 0 Å². The van der Waals surface area contributed by atoms with E-state index < -0.39 is 40.6 Å². The quantitative estimate of drug-likeness (QED) is 0.195. The molecule has 0 amide bonds. The maximum atomic E-state index is 15.4. The van der Waals surface area contributed by atoms with E-state index in [9.17, 15) is 9.59 Å². The zero-order chi connectivity index (χ0) is 32.9. The van der Waals surface area contributed by atoms with Gasteiger partial charge in [0.25, 0.3) is 0 Å². The van der Waals surface area contributed by atoms with E-state index in [0.717, 1.165) is 22.2 Å². The molecule has 4 atom stereocenters. The highest BCUT2D eigenvalue weighted by Crippen LogP contribution is 2.60. The maximum absolute atomic E-state index is 15.4. The molecule has 0 radical (unpaired) electrons. The van der Waals surface area contributed by atoms with E-state index in [-0.39, 0.29) is 19.6 Å². The molecule has 2 bridgehead atoms. The second kappa shape index (κ2) is 11.6. The number of rotatable bonds is 6. The number of hydrogen-bond donors (Lipinski definition) is 0. The Labute approximate surface area is 272 Å². The molecule has 4 unspecified atom stereocenters. The van der Waals surface area contributed by atoms with Gasteiger partial charge in [-0.25, -0.2) is 0 Å². The summed E-state index contributed by atoms with van der Waals surface area (Å²) in [6, 6.07) is 26.8. The number of aromatic nitrogens is 3. The summed E-state index contributed by atoms with van der Waals surface area (Å²) in [7, 11) is 4.36. The summed E-state index contributed by atoms with van der Waals surface area (Å²) in [4.78, 5) is 62.6. The zero-order valence-electron chi connectivity index (χ0n) is 26.7. The minimum absolute atomic E-state index is 0.0196. The van der Waals surface area contributed by atoms with Gasteiger partial charge in [0, 0.05) is 36.1 Å². The van der Waals surface area contributed by atoms with Crippen molar-refractivity contribution in [2.75, 3.05) is 34.4 Å². The third-order valence-electron chi connectivity index (χ3n) is 9.74. The number of carbonyl (C=O) groups is 3. The van der Waals surface area contributed by atoms with Crippen LogP contribution in [-0.2, 0) is 30.4 Å². The minimum Gasteiger partial charge on any atom is -0.468 e. The molecule has 2 aliphatic heterocycles. The summed E-state index contributed by atoms with van der Waals surface area (Å²) < 4.78 is 10.9. The molecule has 2 saturated heterocycles. The highest BCUT2D eigenvalue weighted by Gasteiger charge is 2.75. The number of ether oxygens (including phenoxy) is 2. The van der Waals surface area contributed by atoms with Crippen LogP contribution in [0.5, 0.6) is 0 Å². The van der Waals surface area contributed by atoms with Gasteiger partial charge in [-0.3, -0.25) is 39.1 Å². The molecule has 10 nitrogen and oxygen atoms in total. The number of ketones is 1. The van der Waals surface area contributed by atoms with E-state index in [1.165, 1.54) is 14.2 Å². The van der Waals surface area contributed by atoms with Crippen molar-refractivity contribution in [3.8, 4) is 0 Å². The van der Waals surface area contributed by atoms with Crippen LogP contribution in [0.2, 0.25) is 0 Å². The predicted octanol–water partition coefficient (Wildman–Crippen LogP) is 4.62. The lowest BCUT2D eigenvalue weighted by Crippen LogP contribution is -2.75. The van der Waals surface area contributed by atoms with Crippen LogP contribution in [0.15, 0.2) is 91.0 Å². The first kappa shape index (κ1) is 30.6. The number of pyridine rings is 3. The van der Waals surface area contributed by atoms with Gasteiger partial charge in [-0.05, 0) is 50.4 Å². The molecule has 238 valence electrons. The molecular weight excluding hydrogens is 594 g/mol. The number of benzene rings is 2. The number of fused-ring (bicyclic) bond motifs is 4. The summed E-state index contributed by atoms with van der Waals surface area (Å²) >= 11 is 0. The topological polar surface area (TPSA) is 115 Å². The molecule has 5 heterocycles. The van der Waals surface area contributed by atoms with Crippen molar-refractivity contribution < 1.29 is 23.9 Å². The van der Waals surface area contributed by atoms with Crippen molar-refractivity contribution in [2.24, 2.45) is 10.8 Å². The second-order valence-electron chi connectivity index (χ2n) is 12.5. The Morgan fingerprint density at radius 3 is 1.72 bits per heavy atom. The van der Waals surface area contributed by atoms with E-state index >= 15 is 4.79 Å². The molecule has 10 heteroatoms. The van der Waals surface area contributed by atoms with Crippen LogP contribution in [0, 0.1) is 17.8 Å². The Kier molecular flexibility index (Phi) is 7.57. The fourth-order valence-corrected chi connectivity index (χ4v) is 7.89. The first-order valence-corrected chi connectivity index (χ1v) is 15.5. The molecule has 0 saturated carbocycles. The summed E-state index contributed by atoms with van der Waals surface area (Å²) in [5, 5.41) is 1.83. The van der Waals surface area contributed by atoms with Crippen LogP contribution in [0.4, 0.5) is 0 Å². The summed E-state index contributed by atoms with van der Waals surface area (Å²) in [5.74, 6) is -2.04. The maximum Gasteiger partial charge on any atom is 0.322 e. The van der Waals surface area contributed by atoms with Crippen LogP contribution in [0.1, 0.15) is 34.9 Å². The van der Waals surface area contributed by atoms with E-state index in [1.54, 1.807) is 0 Å². The molecule has 0 N–H and O–H groups in total. The fraction of sp³-hybridized carbons (Fsp3) is 0.297. The average molecular weight is 630 g/mol. The molecule has 7 rings (SSSR count). The summed E-state index contributed by atoms with van der Waals surface area (Å²) in [6.07, 6.45) is 0. The van der Waals surface area contributed by atoms with Crippen molar-refractivity contribution in [3.05, 3.63) is 114 Å². The molecule has 5 aromatic rings. The Bertz CT molecular complexity index is 1930. The van der Waals surface area contributed by atoms with Crippen LogP contribution in [0.3, 0.4) is 0 Å². The standard InChI is InChI=1S/C37H35N5O5/c1-23-10-9-13-26(38-23)20-42-21-36(34(44)46-3)31(29-18-16-24-11-5-7-14-27(24)39-29)41(2)32(37(22-42,33(36)43)35(45)47-4)30-19-17-25-12-6-8-15-28(25)40-30/h5-19,31-32H,20-22H2,1-4H3. The summed E-state index contributed by atoms with van der Waals surface area (Å²) in [6.45, 7) is 2.15. The Balaban J connectivity index is 1.51. The van der Waals surface area contributed by atoms with Gasteiger partial charge in [-0.15, -0.1) is 0 Å². The SMILES string of the molecule is COC(=O)C12CN(Cc3cccc(C)n3)CC(C(=O)OC)(C1=O)C(c1ccc3ccccc3n1)N(C)C2c1ccc2ccccc2n1. The van der Waals surface area contributed by atoms with Crippen molar-refractivity contribution in [3.63, 3.8) is 0 Å². The number of aryl methyl sites for hydroxylation is 1. The van der Waals surface area contributed by atoms with E-state index in [1.807, 2.05) is 115 Å². The van der Waals surface area contributed by atoms with Crippen LogP contribution in [0.25, 0.3) is 21.8 Å². The Morgan fingerprint density at radius 1 is 0.723 bits per heavy atom. The number of likely N-dealkylation sites (tertiary alicyclic amines) is 2. The molecule has 2 aliphatic rings. The summed E-state index contributed by atoms with van der Waals surface area (Å²) in [5.41, 5.74) is 0.323. The third-order valence-corrected chi connectivity index (χ3v) is 9.74. The van der Waals surface area contributed by atoms with Gasteiger partial charge >= 0.3 is 11.9 Å². The first-order chi connectivity index (χ1) is 22.7. The van der Waals surface area contributed by atoms with Gasteiger partial charge in [-0.2, -0.15) is 0 Å². The number of nitrogens with zero attached hydrogens (tertiary/aromatic N) is 5. The van der Waals surface area contributed by atoms with E-state index in [0.29, 0.717) is 22.4 Å².